The molecule has 3 aromatic rings. The van der Waals surface area contributed by atoms with Gasteiger partial charge in [-0.1, -0.05) is 34.8 Å². The zero-order valence-corrected chi connectivity index (χ0v) is 19.8. The predicted octanol–water partition coefficient (Wildman–Crippen LogP) is 3.90. The van der Waals surface area contributed by atoms with E-state index in [-0.39, 0.29) is 6.04 Å². The number of imidazole rings is 1. The lowest BCUT2D eigenvalue weighted by atomic mass is 10.1. The molecule has 1 fully saturated rings. The maximum absolute atomic E-state index is 11.8. The fourth-order valence-corrected chi connectivity index (χ4v) is 5.30. The Hall–Kier alpha value is -1.85. The SMILES string of the molecule is Cn1c(Nc2c(Cl)cc(Cl)cc2Cl)nc2cnc(N[C@@H]3CCCN(S(C)(=O)=O)C3)nc21. The predicted molar refractivity (Wildman–Crippen MR) is 124 cm³/mol. The summed E-state index contributed by atoms with van der Waals surface area (Å²) < 4.78 is 26.9. The molecule has 0 amide bonds. The average molecular weight is 505 g/mol. The van der Waals surface area contributed by atoms with Crippen LogP contribution in [0.4, 0.5) is 17.6 Å². The lowest BCUT2D eigenvalue weighted by Crippen LogP contribution is -2.44. The number of sulfonamides is 1. The van der Waals surface area contributed by atoms with E-state index in [0.29, 0.717) is 56.9 Å². The zero-order chi connectivity index (χ0) is 22.3. The smallest absolute Gasteiger partial charge is 0.225 e. The van der Waals surface area contributed by atoms with Crippen molar-refractivity contribution in [3.8, 4) is 0 Å². The lowest BCUT2D eigenvalue weighted by Gasteiger charge is -2.31. The Labute approximate surface area is 194 Å². The molecule has 4 rings (SSSR count). The van der Waals surface area contributed by atoms with Crippen LogP contribution in [-0.4, -0.2) is 57.6 Å². The van der Waals surface area contributed by atoms with Crippen LogP contribution >= 0.6 is 34.8 Å². The number of nitrogens with one attached hydrogen (secondary N) is 2. The second-order valence-corrected chi connectivity index (χ2v) is 10.6. The first-order valence-electron chi connectivity index (χ1n) is 9.44. The molecule has 1 atom stereocenters. The van der Waals surface area contributed by atoms with Crippen LogP contribution in [0.1, 0.15) is 12.8 Å². The second kappa shape index (κ2) is 8.59. The number of hydrogen-bond acceptors (Lipinski definition) is 7. The van der Waals surface area contributed by atoms with Crippen LogP contribution in [0.15, 0.2) is 18.3 Å². The highest BCUT2D eigenvalue weighted by molar-refractivity contribution is 7.88. The molecule has 2 aromatic heterocycles. The van der Waals surface area contributed by atoms with Crippen molar-refractivity contribution in [1.29, 1.82) is 0 Å². The summed E-state index contributed by atoms with van der Waals surface area (Å²) in [6, 6.07) is 3.11. The molecule has 0 saturated carbocycles. The topological polar surface area (TPSA) is 105 Å². The highest BCUT2D eigenvalue weighted by Gasteiger charge is 2.26. The summed E-state index contributed by atoms with van der Waals surface area (Å²) in [7, 11) is -1.42. The van der Waals surface area contributed by atoms with E-state index in [0.717, 1.165) is 12.8 Å². The summed E-state index contributed by atoms with van der Waals surface area (Å²) in [5.41, 5.74) is 1.66. The van der Waals surface area contributed by atoms with E-state index in [9.17, 15) is 8.42 Å². The van der Waals surface area contributed by atoms with Crippen molar-refractivity contribution in [3.63, 3.8) is 0 Å². The van der Waals surface area contributed by atoms with E-state index < -0.39 is 10.0 Å². The van der Waals surface area contributed by atoms with E-state index in [1.165, 1.54) is 10.6 Å². The third-order valence-electron chi connectivity index (χ3n) is 5.04. The first-order chi connectivity index (χ1) is 14.6. The van der Waals surface area contributed by atoms with Crippen molar-refractivity contribution in [2.45, 2.75) is 18.9 Å². The van der Waals surface area contributed by atoms with Gasteiger partial charge in [0.2, 0.25) is 21.9 Å². The molecule has 0 unspecified atom stereocenters. The fraction of sp³-hybridized carbons (Fsp3) is 0.389. The number of aryl methyl sites for hydroxylation is 1. The molecule has 1 aromatic carbocycles. The Morgan fingerprint density at radius 2 is 1.87 bits per heavy atom. The number of anilines is 3. The first-order valence-corrected chi connectivity index (χ1v) is 12.4. The lowest BCUT2D eigenvalue weighted by molar-refractivity contribution is 0.328. The van der Waals surface area contributed by atoms with Crippen LogP contribution in [0.5, 0.6) is 0 Å². The third kappa shape index (κ3) is 4.83. The summed E-state index contributed by atoms with van der Waals surface area (Å²) in [4.78, 5) is 13.4. The van der Waals surface area contributed by atoms with Crippen LogP contribution in [0.2, 0.25) is 15.1 Å². The summed E-state index contributed by atoms with van der Waals surface area (Å²) in [5.74, 6) is 0.887. The summed E-state index contributed by atoms with van der Waals surface area (Å²) in [5, 5.41) is 7.52. The van der Waals surface area contributed by atoms with E-state index >= 15 is 0 Å². The van der Waals surface area contributed by atoms with Gasteiger partial charge in [0.25, 0.3) is 0 Å². The normalized spacial score (nSPS) is 17.8. The van der Waals surface area contributed by atoms with Crippen molar-refractivity contribution >= 4 is 73.6 Å². The molecule has 166 valence electrons. The fourth-order valence-electron chi connectivity index (χ4n) is 3.48. The van der Waals surface area contributed by atoms with Crippen LogP contribution in [0, 0.1) is 0 Å². The van der Waals surface area contributed by atoms with Gasteiger partial charge >= 0.3 is 0 Å². The Kier molecular flexibility index (Phi) is 6.19. The van der Waals surface area contributed by atoms with Gasteiger partial charge in [0.05, 0.1) is 28.2 Å². The monoisotopic (exact) mass is 503 g/mol. The van der Waals surface area contributed by atoms with Gasteiger partial charge in [-0.3, -0.25) is 4.57 Å². The van der Waals surface area contributed by atoms with Crippen LogP contribution in [0.3, 0.4) is 0 Å². The van der Waals surface area contributed by atoms with E-state index in [4.69, 9.17) is 34.8 Å². The van der Waals surface area contributed by atoms with Gasteiger partial charge in [0.15, 0.2) is 5.65 Å². The van der Waals surface area contributed by atoms with Gasteiger partial charge in [-0.15, -0.1) is 0 Å². The molecular weight excluding hydrogens is 485 g/mol. The number of halogens is 3. The minimum atomic E-state index is -3.23. The zero-order valence-electron chi connectivity index (χ0n) is 16.7. The number of aromatic nitrogens is 4. The largest absolute Gasteiger partial charge is 0.350 e. The minimum absolute atomic E-state index is 0.0709. The molecule has 2 N–H and O–H groups in total. The first kappa shape index (κ1) is 22.3. The molecule has 0 aliphatic carbocycles. The average Bonchev–Trinajstić information content (AvgIpc) is 2.99. The van der Waals surface area contributed by atoms with Crippen molar-refractivity contribution in [3.05, 3.63) is 33.4 Å². The summed E-state index contributed by atoms with van der Waals surface area (Å²) >= 11 is 18.5. The summed E-state index contributed by atoms with van der Waals surface area (Å²) in [6.07, 6.45) is 4.44. The van der Waals surface area contributed by atoms with Gasteiger partial charge in [0.1, 0.15) is 5.52 Å². The molecule has 13 heteroatoms. The molecule has 31 heavy (non-hydrogen) atoms. The maximum Gasteiger partial charge on any atom is 0.225 e. The Bertz CT molecular complexity index is 1230. The Morgan fingerprint density at radius 1 is 1.16 bits per heavy atom. The molecule has 3 heterocycles. The molecule has 0 bridgehead atoms. The summed E-state index contributed by atoms with van der Waals surface area (Å²) in [6.45, 7) is 0.912. The quantitative estimate of drug-likeness (QED) is 0.543. The standard InChI is InChI=1S/C18H20Cl3N7O2S/c1-27-16-14(24-18(27)25-15-12(20)6-10(19)7-13(15)21)8-22-17(26-16)23-11-4-3-5-28(9-11)31(2,29)30/h6-8,11H,3-5,9H2,1-2H3,(H,24,25)(H,22,23,26)/t11-/m1/s1. The van der Waals surface area contributed by atoms with Crippen LogP contribution in [0.25, 0.3) is 11.2 Å². The molecule has 1 aliphatic rings. The molecule has 0 spiro atoms. The van der Waals surface area contributed by atoms with Crippen molar-refractivity contribution in [2.75, 3.05) is 30.0 Å². The number of rotatable bonds is 5. The number of benzene rings is 1. The highest BCUT2D eigenvalue weighted by atomic mass is 35.5. The number of fused-ring (bicyclic) bond motifs is 1. The van der Waals surface area contributed by atoms with Crippen molar-refractivity contribution < 1.29 is 8.42 Å². The number of hydrogen-bond donors (Lipinski definition) is 2. The second-order valence-electron chi connectivity index (χ2n) is 7.37. The van der Waals surface area contributed by atoms with Crippen molar-refractivity contribution in [2.24, 2.45) is 7.05 Å². The van der Waals surface area contributed by atoms with E-state index in [1.807, 2.05) is 0 Å². The number of piperidine rings is 1. The van der Waals surface area contributed by atoms with Crippen LogP contribution < -0.4 is 10.6 Å². The highest BCUT2D eigenvalue weighted by Crippen LogP contribution is 2.35. The van der Waals surface area contributed by atoms with Gasteiger partial charge in [-0.25, -0.2) is 22.7 Å². The third-order valence-corrected chi connectivity index (χ3v) is 7.13. The molecule has 0 radical (unpaired) electrons. The van der Waals surface area contributed by atoms with Gasteiger partial charge in [-0.2, -0.15) is 4.98 Å². The molecular formula is C18H20Cl3N7O2S. The van der Waals surface area contributed by atoms with Crippen LogP contribution in [-0.2, 0) is 17.1 Å². The van der Waals surface area contributed by atoms with E-state index in [2.05, 4.69) is 25.6 Å². The van der Waals surface area contributed by atoms with Gasteiger partial charge < -0.3 is 10.6 Å². The maximum atomic E-state index is 11.8. The Balaban J connectivity index is 1.57. The molecule has 1 saturated heterocycles. The molecule has 1 aliphatic heterocycles. The minimum Gasteiger partial charge on any atom is -0.350 e. The molecule has 9 nitrogen and oxygen atoms in total. The van der Waals surface area contributed by atoms with E-state index in [1.54, 1.807) is 29.9 Å². The number of nitrogens with zero attached hydrogens (tertiary/aromatic N) is 5. The van der Waals surface area contributed by atoms with Crippen molar-refractivity contribution in [1.82, 2.24) is 23.8 Å². The Morgan fingerprint density at radius 3 is 2.55 bits per heavy atom. The van der Waals surface area contributed by atoms with Gasteiger partial charge in [0, 0.05) is 31.2 Å². The van der Waals surface area contributed by atoms with Gasteiger partial charge in [-0.05, 0) is 25.0 Å².